The number of fused-ring (bicyclic) bond motifs is 1. The predicted molar refractivity (Wildman–Crippen MR) is 122 cm³/mol. The molecule has 1 atom stereocenters. The molecular formula is C20H24BrN3O4S2. The van der Waals surface area contributed by atoms with E-state index in [0.717, 1.165) is 40.5 Å². The summed E-state index contributed by atoms with van der Waals surface area (Å²) in [5.74, 6) is -0.282. The molecule has 2 heterocycles. The van der Waals surface area contributed by atoms with Gasteiger partial charge in [0.15, 0.2) is 4.80 Å². The van der Waals surface area contributed by atoms with E-state index in [9.17, 15) is 14.4 Å². The number of benzene rings is 1. The Kier molecular flexibility index (Phi) is 8.13. The van der Waals surface area contributed by atoms with Crippen molar-refractivity contribution in [1.29, 1.82) is 0 Å². The highest BCUT2D eigenvalue weighted by atomic mass is 79.9. The Morgan fingerprint density at radius 1 is 1.30 bits per heavy atom. The number of ether oxygens (including phenoxy) is 1. The van der Waals surface area contributed by atoms with Gasteiger partial charge in [0.25, 0.3) is 5.91 Å². The van der Waals surface area contributed by atoms with Gasteiger partial charge in [0.05, 0.1) is 28.8 Å². The van der Waals surface area contributed by atoms with E-state index in [1.165, 1.54) is 30.2 Å². The number of carbonyl (C=O) groups excluding carboxylic acids is 3. The first-order chi connectivity index (χ1) is 14.4. The zero-order chi connectivity index (χ0) is 21.7. The first-order valence-electron chi connectivity index (χ1n) is 9.69. The molecule has 7 nitrogen and oxygen atoms in total. The molecular weight excluding hydrogens is 490 g/mol. The quantitative estimate of drug-likeness (QED) is 0.554. The van der Waals surface area contributed by atoms with Gasteiger partial charge in [-0.25, -0.2) is 0 Å². The van der Waals surface area contributed by atoms with E-state index >= 15 is 0 Å². The second-order valence-corrected chi connectivity index (χ2v) is 10.00. The number of esters is 1. The van der Waals surface area contributed by atoms with Crippen LogP contribution in [-0.4, -0.2) is 58.5 Å². The molecule has 0 aliphatic carbocycles. The van der Waals surface area contributed by atoms with Gasteiger partial charge < -0.3 is 14.2 Å². The van der Waals surface area contributed by atoms with Crippen molar-refractivity contribution in [3.8, 4) is 0 Å². The van der Waals surface area contributed by atoms with Crippen molar-refractivity contribution in [2.45, 2.75) is 38.8 Å². The van der Waals surface area contributed by atoms with Crippen molar-refractivity contribution in [2.24, 2.45) is 4.99 Å². The van der Waals surface area contributed by atoms with Crippen molar-refractivity contribution >= 4 is 67.0 Å². The molecule has 1 fully saturated rings. The highest BCUT2D eigenvalue weighted by molar-refractivity contribution is 9.10. The van der Waals surface area contributed by atoms with Crippen LogP contribution in [0.4, 0.5) is 0 Å². The molecule has 1 aliphatic rings. The SMILES string of the molecule is COC(=O)Cn1c(=NC(=O)CSCC(=O)N2CCCCC2C)sc2cc(Br)ccc21. The Morgan fingerprint density at radius 2 is 2.10 bits per heavy atom. The molecule has 1 saturated heterocycles. The molecule has 0 saturated carbocycles. The van der Waals surface area contributed by atoms with Crippen molar-refractivity contribution in [1.82, 2.24) is 9.47 Å². The largest absolute Gasteiger partial charge is 0.468 e. The second-order valence-electron chi connectivity index (χ2n) is 7.09. The Hall–Kier alpha value is -1.65. The minimum Gasteiger partial charge on any atom is -0.468 e. The van der Waals surface area contributed by atoms with Crippen molar-refractivity contribution in [3.63, 3.8) is 0 Å². The molecule has 0 spiro atoms. The summed E-state index contributed by atoms with van der Waals surface area (Å²) in [5, 5.41) is 0. The van der Waals surface area contributed by atoms with Gasteiger partial charge in [0.2, 0.25) is 5.91 Å². The smallest absolute Gasteiger partial charge is 0.325 e. The van der Waals surface area contributed by atoms with Crippen LogP contribution in [0, 0.1) is 0 Å². The van der Waals surface area contributed by atoms with Crippen LogP contribution in [-0.2, 0) is 25.7 Å². The van der Waals surface area contributed by atoms with Gasteiger partial charge in [-0.3, -0.25) is 14.4 Å². The molecule has 1 aliphatic heterocycles. The number of piperidine rings is 1. The molecule has 1 aromatic carbocycles. The van der Waals surface area contributed by atoms with E-state index < -0.39 is 5.97 Å². The van der Waals surface area contributed by atoms with Gasteiger partial charge in [0.1, 0.15) is 6.54 Å². The summed E-state index contributed by atoms with van der Waals surface area (Å²) in [4.78, 5) is 43.2. The molecule has 2 aromatic rings. The average Bonchev–Trinajstić information content (AvgIpc) is 3.03. The maximum atomic E-state index is 12.4. The molecule has 3 rings (SSSR count). The standard InChI is InChI=1S/C20H24BrN3O4S2/c1-13-5-3-4-8-23(13)18(26)12-29-11-17(25)22-20-24(10-19(27)28-2)15-7-6-14(21)9-16(15)30-20/h6-7,9,13H,3-5,8,10-12H2,1-2H3. The lowest BCUT2D eigenvalue weighted by atomic mass is 10.0. The van der Waals surface area contributed by atoms with Gasteiger partial charge >= 0.3 is 5.97 Å². The van der Waals surface area contributed by atoms with Gasteiger partial charge in [-0.15, -0.1) is 11.8 Å². The summed E-state index contributed by atoms with van der Waals surface area (Å²) in [5.41, 5.74) is 0.807. The fourth-order valence-corrected chi connectivity index (χ4v) is 5.68. The lowest BCUT2D eigenvalue weighted by molar-refractivity contribution is -0.141. The van der Waals surface area contributed by atoms with Crippen LogP contribution in [0.3, 0.4) is 0 Å². The molecule has 162 valence electrons. The first kappa shape index (κ1) is 23.0. The number of likely N-dealkylation sites (tertiary alicyclic amines) is 1. The highest BCUT2D eigenvalue weighted by Gasteiger charge is 2.23. The molecule has 0 radical (unpaired) electrons. The maximum absolute atomic E-state index is 12.4. The lowest BCUT2D eigenvalue weighted by Crippen LogP contribution is -2.43. The number of thiazole rings is 1. The number of aromatic nitrogens is 1. The number of rotatable bonds is 6. The molecule has 0 N–H and O–H groups in total. The van der Waals surface area contributed by atoms with Gasteiger partial charge in [-0.1, -0.05) is 27.3 Å². The van der Waals surface area contributed by atoms with Crippen molar-refractivity contribution in [2.75, 3.05) is 25.2 Å². The number of thioether (sulfide) groups is 1. The predicted octanol–water partition coefficient (Wildman–Crippen LogP) is 3.20. The van der Waals surface area contributed by atoms with Gasteiger partial charge in [0, 0.05) is 17.1 Å². The monoisotopic (exact) mass is 513 g/mol. The number of carbonyl (C=O) groups is 3. The van der Waals surface area contributed by atoms with Crippen LogP contribution in [0.25, 0.3) is 10.2 Å². The summed E-state index contributed by atoms with van der Waals surface area (Å²) in [7, 11) is 1.33. The number of hydrogen-bond donors (Lipinski definition) is 0. The molecule has 10 heteroatoms. The van der Waals surface area contributed by atoms with Gasteiger partial charge in [-0.05, 0) is 44.4 Å². The van der Waals surface area contributed by atoms with E-state index in [4.69, 9.17) is 4.74 Å². The van der Waals surface area contributed by atoms with Crippen LogP contribution >= 0.6 is 39.0 Å². The Morgan fingerprint density at radius 3 is 2.83 bits per heavy atom. The number of hydrogen-bond acceptors (Lipinski definition) is 6. The molecule has 0 bridgehead atoms. The third-order valence-electron chi connectivity index (χ3n) is 4.95. The van der Waals surface area contributed by atoms with E-state index in [0.29, 0.717) is 4.80 Å². The fraction of sp³-hybridized carbons (Fsp3) is 0.500. The molecule has 1 unspecified atom stereocenters. The van der Waals surface area contributed by atoms with E-state index in [-0.39, 0.29) is 35.9 Å². The van der Waals surface area contributed by atoms with E-state index in [1.807, 2.05) is 23.1 Å². The number of amides is 2. The maximum Gasteiger partial charge on any atom is 0.325 e. The van der Waals surface area contributed by atoms with Gasteiger partial charge in [-0.2, -0.15) is 4.99 Å². The molecule has 2 amide bonds. The average molecular weight is 514 g/mol. The normalized spacial score (nSPS) is 17.4. The zero-order valence-corrected chi connectivity index (χ0v) is 20.1. The lowest BCUT2D eigenvalue weighted by Gasteiger charge is -2.33. The third kappa shape index (κ3) is 5.73. The molecule has 30 heavy (non-hydrogen) atoms. The number of methoxy groups -OCH3 is 1. The Balaban J connectivity index is 1.70. The highest BCUT2D eigenvalue weighted by Crippen LogP contribution is 2.22. The Labute approximate surface area is 191 Å². The zero-order valence-electron chi connectivity index (χ0n) is 16.9. The minimum atomic E-state index is -0.415. The summed E-state index contributed by atoms with van der Waals surface area (Å²) in [6.07, 6.45) is 3.23. The van der Waals surface area contributed by atoms with Crippen LogP contribution in [0.15, 0.2) is 27.7 Å². The number of halogens is 1. The topological polar surface area (TPSA) is 81.0 Å². The van der Waals surface area contributed by atoms with Crippen molar-refractivity contribution in [3.05, 3.63) is 27.5 Å². The first-order valence-corrected chi connectivity index (χ1v) is 12.5. The summed E-state index contributed by atoms with van der Waals surface area (Å²) < 4.78 is 8.27. The molecule has 1 aromatic heterocycles. The minimum absolute atomic E-state index is 0.0251. The second kappa shape index (κ2) is 10.6. The fourth-order valence-electron chi connectivity index (χ4n) is 3.39. The Bertz CT molecular complexity index is 1020. The van der Waals surface area contributed by atoms with Crippen LogP contribution < -0.4 is 4.80 Å². The summed E-state index contributed by atoms with van der Waals surface area (Å²) >= 11 is 6.05. The van der Waals surface area contributed by atoms with Crippen LogP contribution in [0.5, 0.6) is 0 Å². The van der Waals surface area contributed by atoms with Crippen molar-refractivity contribution < 1.29 is 19.1 Å². The number of nitrogens with zero attached hydrogens (tertiary/aromatic N) is 3. The third-order valence-corrected chi connectivity index (χ3v) is 7.39. The summed E-state index contributed by atoms with van der Waals surface area (Å²) in [6.45, 7) is 2.84. The van der Waals surface area contributed by atoms with E-state index in [2.05, 4.69) is 27.8 Å². The van der Waals surface area contributed by atoms with E-state index in [1.54, 1.807) is 4.57 Å². The van der Waals surface area contributed by atoms with Crippen LogP contribution in [0.1, 0.15) is 26.2 Å². The van der Waals surface area contributed by atoms with Crippen LogP contribution in [0.2, 0.25) is 0 Å². The summed E-state index contributed by atoms with van der Waals surface area (Å²) in [6, 6.07) is 5.93.